The highest BCUT2D eigenvalue weighted by Crippen LogP contribution is 2.45. The van der Waals surface area contributed by atoms with Crippen LogP contribution in [0.5, 0.6) is 0 Å². The molecule has 1 aromatic heterocycles. The first-order valence-corrected chi connectivity index (χ1v) is 8.09. The predicted molar refractivity (Wildman–Crippen MR) is 90.5 cm³/mol. The Morgan fingerprint density at radius 2 is 1.86 bits per heavy atom. The maximum atomic E-state index is 5.90. The van der Waals surface area contributed by atoms with Gasteiger partial charge in [-0.2, -0.15) is 0 Å². The molecular weight excluding hydrogens is 278 g/mol. The second-order valence-corrected chi connectivity index (χ2v) is 6.72. The number of thiocarbonyl (C=S) groups is 1. The van der Waals surface area contributed by atoms with Gasteiger partial charge in [0.2, 0.25) is 0 Å². The van der Waals surface area contributed by atoms with Crippen molar-refractivity contribution < 1.29 is 0 Å². The van der Waals surface area contributed by atoms with E-state index in [2.05, 4.69) is 5.32 Å². The smallest absolute Gasteiger partial charge is 0.127 e. The lowest BCUT2D eigenvalue weighted by molar-refractivity contribution is 0.566. The number of para-hydroxylation sites is 1. The molecule has 4 rings (SSSR count). The molecule has 2 saturated carbocycles. The van der Waals surface area contributed by atoms with Gasteiger partial charge in [0.05, 0.1) is 5.52 Å². The van der Waals surface area contributed by atoms with E-state index in [9.17, 15) is 0 Å². The molecule has 0 saturated heterocycles. The summed E-state index contributed by atoms with van der Waals surface area (Å²) in [4.78, 5) is 5.19. The van der Waals surface area contributed by atoms with Crippen LogP contribution in [0.1, 0.15) is 31.2 Å². The lowest BCUT2D eigenvalue weighted by Gasteiger charge is -2.19. The maximum Gasteiger partial charge on any atom is 0.127 e. The average Bonchev–Trinajstić information content (AvgIpc) is 3.37. The Labute approximate surface area is 129 Å². The molecule has 0 unspecified atom stereocenters. The van der Waals surface area contributed by atoms with E-state index in [0.29, 0.717) is 11.0 Å². The second kappa shape index (κ2) is 4.95. The summed E-state index contributed by atoms with van der Waals surface area (Å²) in [6.07, 6.45) is 5.40. The second-order valence-electron chi connectivity index (χ2n) is 6.28. The summed E-state index contributed by atoms with van der Waals surface area (Å²) in [5, 5.41) is 4.70. The fourth-order valence-corrected chi connectivity index (χ4v) is 3.32. The Hall–Kier alpha value is -1.68. The first kappa shape index (κ1) is 13.0. The number of fused-ring (bicyclic) bond motifs is 1. The van der Waals surface area contributed by atoms with E-state index in [1.165, 1.54) is 25.7 Å². The molecule has 0 aliphatic heterocycles. The zero-order valence-corrected chi connectivity index (χ0v) is 12.7. The van der Waals surface area contributed by atoms with E-state index in [4.69, 9.17) is 22.9 Å². The first-order chi connectivity index (χ1) is 10.2. The zero-order chi connectivity index (χ0) is 14.4. The van der Waals surface area contributed by atoms with Gasteiger partial charge in [-0.25, -0.2) is 4.98 Å². The van der Waals surface area contributed by atoms with Crippen molar-refractivity contribution in [2.24, 2.45) is 17.6 Å². The molecule has 0 spiro atoms. The highest BCUT2D eigenvalue weighted by Gasteiger charge is 2.41. The Morgan fingerprint density at radius 1 is 1.19 bits per heavy atom. The van der Waals surface area contributed by atoms with Gasteiger partial charge in [-0.3, -0.25) is 0 Å². The largest absolute Gasteiger partial charge is 0.389 e. The number of nitrogens with two attached hydrogens (primary N) is 1. The molecule has 2 aliphatic carbocycles. The molecule has 0 amide bonds. The Morgan fingerprint density at radius 3 is 2.48 bits per heavy atom. The number of rotatable bonds is 5. The summed E-state index contributed by atoms with van der Waals surface area (Å²) in [5.74, 6) is 2.58. The van der Waals surface area contributed by atoms with Crippen molar-refractivity contribution in [3.63, 3.8) is 0 Å². The SMILES string of the molecule is NC(=S)c1cc(NC(C2CC2)C2CC2)nc2ccccc12. The average molecular weight is 297 g/mol. The topological polar surface area (TPSA) is 50.9 Å². The minimum absolute atomic E-state index is 0.436. The highest BCUT2D eigenvalue weighted by atomic mass is 32.1. The van der Waals surface area contributed by atoms with Crippen LogP contribution in [0.2, 0.25) is 0 Å². The number of pyridine rings is 1. The number of nitrogens with zero attached hydrogens (tertiary/aromatic N) is 1. The summed E-state index contributed by atoms with van der Waals surface area (Å²) in [6, 6.07) is 10.6. The highest BCUT2D eigenvalue weighted by molar-refractivity contribution is 7.80. The van der Waals surface area contributed by atoms with Gasteiger partial charge in [0.15, 0.2) is 0 Å². The number of aromatic nitrogens is 1. The number of hydrogen-bond donors (Lipinski definition) is 2. The van der Waals surface area contributed by atoms with Gasteiger partial charge in [-0.05, 0) is 49.7 Å². The van der Waals surface area contributed by atoms with E-state index < -0.39 is 0 Å². The predicted octanol–water partition coefficient (Wildman–Crippen LogP) is 3.47. The molecule has 2 fully saturated rings. The van der Waals surface area contributed by atoms with Crippen molar-refractivity contribution in [3.05, 3.63) is 35.9 Å². The van der Waals surface area contributed by atoms with Gasteiger partial charge < -0.3 is 11.1 Å². The number of hydrogen-bond acceptors (Lipinski definition) is 3. The van der Waals surface area contributed by atoms with Gasteiger partial charge >= 0.3 is 0 Å². The monoisotopic (exact) mass is 297 g/mol. The van der Waals surface area contributed by atoms with Crippen LogP contribution in [0.25, 0.3) is 10.9 Å². The number of anilines is 1. The molecule has 0 radical (unpaired) electrons. The molecule has 21 heavy (non-hydrogen) atoms. The minimum atomic E-state index is 0.436. The Balaban J connectivity index is 1.72. The molecule has 3 nitrogen and oxygen atoms in total. The van der Waals surface area contributed by atoms with E-state index >= 15 is 0 Å². The van der Waals surface area contributed by atoms with Crippen LogP contribution in [0.3, 0.4) is 0 Å². The van der Waals surface area contributed by atoms with Crippen molar-refractivity contribution >= 4 is 33.9 Å². The first-order valence-electron chi connectivity index (χ1n) is 7.68. The molecular formula is C17H19N3S. The summed E-state index contributed by atoms with van der Waals surface area (Å²) in [7, 11) is 0. The van der Waals surface area contributed by atoms with Crippen molar-refractivity contribution in [2.45, 2.75) is 31.7 Å². The molecule has 2 aromatic rings. The normalized spacial score (nSPS) is 18.1. The van der Waals surface area contributed by atoms with E-state index in [1.54, 1.807) is 0 Å². The molecule has 1 heterocycles. The third-order valence-corrected chi connectivity index (χ3v) is 4.78. The minimum Gasteiger partial charge on any atom is -0.389 e. The Bertz CT molecular complexity index is 692. The fraction of sp³-hybridized carbons (Fsp3) is 0.412. The van der Waals surface area contributed by atoms with Gasteiger partial charge in [-0.15, -0.1) is 0 Å². The van der Waals surface area contributed by atoms with Gasteiger partial charge in [-0.1, -0.05) is 30.4 Å². The van der Waals surface area contributed by atoms with Gasteiger partial charge in [0.25, 0.3) is 0 Å². The fourth-order valence-electron chi connectivity index (χ4n) is 3.16. The standard InChI is InChI=1S/C17H19N3S/c18-17(21)13-9-15(19-14-4-2-1-3-12(13)14)20-16(10-5-6-10)11-7-8-11/h1-4,9-11,16H,5-8H2,(H2,18,21)(H,19,20). The van der Waals surface area contributed by atoms with Gasteiger partial charge in [0, 0.05) is 17.0 Å². The van der Waals surface area contributed by atoms with Crippen molar-refractivity contribution in [2.75, 3.05) is 5.32 Å². The summed E-state index contributed by atoms with van der Waals surface area (Å²) >= 11 is 5.21. The van der Waals surface area contributed by atoms with Crippen LogP contribution in [0.15, 0.2) is 30.3 Å². The molecule has 2 aliphatic rings. The molecule has 4 heteroatoms. The van der Waals surface area contributed by atoms with Crippen LogP contribution >= 0.6 is 12.2 Å². The van der Waals surface area contributed by atoms with E-state index in [0.717, 1.165) is 34.1 Å². The third kappa shape index (κ3) is 2.60. The van der Waals surface area contributed by atoms with E-state index in [1.807, 2.05) is 30.3 Å². The van der Waals surface area contributed by atoms with Crippen molar-refractivity contribution in [1.82, 2.24) is 4.98 Å². The van der Waals surface area contributed by atoms with Crippen LogP contribution in [-0.2, 0) is 0 Å². The summed E-state index contributed by atoms with van der Waals surface area (Å²) in [6.45, 7) is 0. The summed E-state index contributed by atoms with van der Waals surface area (Å²) in [5.41, 5.74) is 7.77. The van der Waals surface area contributed by atoms with E-state index in [-0.39, 0.29) is 0 Å². The lowest BCUT2D eigenvalue weighted by Crippen LogP contribution is -2.25. The quantitative estimate of drug-likeness (QED) is 0.830. The van der Waals surface area contributed by atoms with Crippen LogP contribution in [0.4, 0.5) is 5.82 Å². The van der Waals surface area contributed by atoms with Crippen molar-refractivity contribution in [1.29, 1.82) is 0 Å². The Kier molecular flexibility index (Phi) is 3.07. The molecule has 0 bridgehead atoms. The molecule has 1 aromatic carbocycles. The molecule has 3 N–H and O–H groups in total. The molecule has 0 atom stereocenters. The van der Waals surface area contributed by atoms with Gasteiger partial charge in [0.1, 0.15) is 10.8 Å². The summed E-state index contributed by atoms with van der Waals surface area (Å²) < 4.78 is 0. The molecule has 108 valence electrons. The lowest BCUT2D eigenvalue weighted by atomic mass is 10.1. The van der Waals surface area contributed by atoms with Crippen LogP contribution < -0.4 is 11.1 Å². The van der Waals surface area contributed by atoms with Crippen LogP contribution in [0, 0.1) is 11.8 Å². The third-order valence-electron chi connectivity index (χ3n) is 4.56. The zero-order valence-electron chi connectivity index (χ0n) is 11.9. The van der Waals surface area contributed by atoms with Crippen LogP contribution in [-0.4, -0.2) is 16.0 Å². The maximum absolute atomic E-state index is 5.90. The number of benzene rings is 1. The number of nitrogens with one attached hydrogen (secondary N) is 1. The van der Waals surface area contributed by atoms with Crippen molar-refractivity contribution in [3.8, 4) is 0 Å².